The number of esters is 1. The van der Waals surface area contributed by atoms with E-state index in [-0.39, 0.29) is 43.8 Å². The molecule has 3 amide bonds. The number of carbonyl (C=O) groups is 4. The Kier molecular flexibility index (Phi) is 8.07. The second-order valence-corrected chi connectivity index (χ2v) is 12.4. The number of aliphatic hydroxyl groups is 1. The van der Waals surface area contributed by atoms with Crippen LogP contribution < -0.4 is 10.6 Å². The Morgan fingerprint density at radius 3 is 2.59 bits per heavy atom. The number of ether oxygens (including phenoxy) is 1. The van der Waals surface area contributed by atoms with E-state index in [0.29, 0.717) is 5.39 Å². The van der Waals surface area contributed by atoms with Crippen molar-refractivity contribution in [3.05, 3.63) is 54.4 Å². The molecule has 2 aromatic rings. The van der Waals surface area contributed by atoms with Gasteiger partial charge in [0.25, 0.3) is 5.91 Å². The van der Waals surface area contributed by atoms with Crippen LogP contribution in [0.25, 0.3) is 10.8 Å². The quantitative estimate of drug-likeness (QED) is 0.303. The van der Waals surface area contributed by atoms with Gasteiger partial charge in [0.15, 0.2) is 0 Å². The number of aromatic nitrogens is 1. The van der Waals surface area contributed by atoms with Crippen molar-refractivity contribution in [3.8, 4) is 0 Å². The van der Waals surface area contributed by atoms with Crippen LogP contribution in [0.3, 0.4) is 0 Å². The first kappa shape index (κ1) is 28.6. The summed E-state index contributed by atoms with van der Waals surface area (Å²) in [5.74, 6) is -2.76. The van der Waals surface area contributed by atoms with Gasteiger partial charge in [-0.05, 0) is 31.2 Å². The Hall–Kier alpha value is -3.88. The van der Waals surface area contributed by atoms with Gasteiger partial charge in [0.2, 0.25) is 28.1 Å². The van der Waals surface area contributed by atoms with Crippen LogP contribution in [-0.2, 0) is 29.1 Å². The summed E-state index contributed by atoms with van der Waals surface area (Å²) in [7, 11) is -3.73. The summed E-state index contributed by atoms with van der Waals surface area (Å²) in [6.45, 7) is 1.14. The molecule has 2 unspecified atom stereocenters. The summed E-state index contributed by atoms with van der Waals surface area (Å²) in [6.07, 6.45) is 3.64. The zero-order valence-electron chi connectivity index (χ0n) is 22.3. The number of aliphatic hydroxyl groups excluding tert-OH is 1. The Morgan fingerprint density at radius 1 is 1.10 bits per heavy atom. The van der Waals surface area contributed by atoms with Gasteiger partial charge in [0.1, 0.15) is 23.8 Å². The largest absolute Gasteiger partial charge is 0.434 e. The van der Waals surface area contributed by atoms with Crippen LogP contribution in [0, 0.1) is 0 Å². The molecule has 3 aliphatic heterocycles. The number of sulfonamides is 1. The van der Waals surface area contributed by atoms with Gasteiger partial charge in [0, 0.05) is 30.7 Å². The number of fused-ring (bicyclic) bond motifs is 2. The highest BCUT2D eigenvalue weighted by atomic mass is 32.2. The fourth-order valence-corrected chi connectivity index (χ4v) is 6.57. The maximum absolute atomic E-state index is 14.0. The average molecular weight is 586 g/mol. The molecule has 3 N–H and O–H groups in total. The zero-order valence-corrected chi connectivity index (χ0v) is 23.1. The molecule has 0 aliphatic carbocycles. The van der Waals surface area contributed by atoms with Crippen LogP contribution in [-0.4, -0.2) is 101 Å². The number of hydrogen-bond acceptors (Lipinski definition) is 9. The third-order valence-electron chi connectivity index (χ3n) is 7.58. The lowest BCUT2D eigenvalue weighted by atomic mass is 9.97. The molecule has 14 heteroatoms. The van der Waals surface area contributed by atoms with Gasteiger partial charge in [-0.3, -0.25) is 24.2 Å². The predicted octanol–water partition coefficient (Wildman–Crippen LogP) is -0.336. The topological polar surface area (TPSA) is 175 Å². The monoisotopic (exact) mass is 585 g/mol. The van der Waals surface area contributed by atoms with Crippen LogP contribution in [0.4, 0.5) is 0 Å². The molecule has 4 heterocycles. The maximum Gasteiger partial charge on any atom is 0.310 e. The Bertz CT molecular complexity index is 1510. The molecule has 1 aromatic heterocycles. The SMILES string of the molecule is CCS(=O)(=O)N1C[C@@H]2CC=CC[C@H](NC(=O)c3nccc4ccccc34)C(=O)N2[C@H](C(=O)NC2CC(=O)OC2O)C1. The van der Waals surface area contributed by atoms with Crippen LogP contribution in [0.2, 0.25) is 0 Å². The molecule has 41 heavy (non-hydrogen) atoms. The Morgan fingerprint density at radius 2 is 1.85 bits per heavy atom. The summed E-state index contributed by atoms with van der Waals surface area (Å²) in [4.78, 5) is 58.1. The predicted molar refractivity (Wildman–Crippen MR) is 145 cm³/mol. The van der Waals surface area contributed by atoms with Crippen molar-refractivity contribution >= 4 is 44.5 Å². The number of nitrogens with one attached hydrogen (secondary N) is 2. The minimum Gasteiger partial charge on any atom is -0.434 e. The van der Waals surface area contributed by atoms with Gasteiger partial charge in [-0.25, -0.2) is 8.42 Å². The Balaban J connectivity index is 1.45. The van der Waals surface area contributed by atoms with Crippen molar-refractivity contribution in [1.82, 2.24) is 24.8 Å². The summed E-state index contributed by atoms with van der Waals surface area (Å²) in [5.41, 5.74) is 0.145. The summed E-state index contributed by atoms with van der Waals surface area (Å²) < 4.78 is 31.6. The fraction of sp³-hybridized carbons (Fsp3) is 0.444. The van der Waals surface area contributed by atoms with Crippen LogP contribution >= 0.6 is 0 Å². The van der Waals surface area contributed by atoms with Crippen molar-refractivity contribution in [2.75, 3.05) is 18.8 Å². The number of carbonyl (C=O) groups excluding carboxylic acids is 4. The van der Waals surface area contributed by atoms with Crippen molar-refractivity contribution < 1.29 is 37.4 Å². The van der Waals surface area contributed by atoms with Gasteiger partial charge < -0.3 is 25.4 Å². The first-order chi connectivity index (χ1) is 19.6. The number of piperazine rings is 1. The molecule has 0 radical (unpaired) electrons. The lowest BCUT2D eigenvalue weighted by Crippen LogP contribution is -2.68. The molecule has 0 saturated carbocycles. The molecule has 1 aromatic carbocycles. The highest BCUT2D eigenvalue weighted by molar-refractivity contribution is 7.89. The standard InChI is InChI=1S/C27H31N5O8S/c1-2-41(38,39)31-14-17-8-4-6-10-19(29-25(35)23-18-9-5-3-7-16(18)11-12-28-23)26(36)32(17)21(15-31)24(34)30-20-13-22(33)40-27(20)37/h3-7,9,11-12,17,19-21,27,37H,2,8,10,13-15H2,1H3,(H,29,35)(H,30,34)/t17-,19-,20?,21-,27?/m0/s1. The average Bonchev–Trinajstić information content (AvgIpc) is 3.28. The molecule has 5 rings (SSSR count). The zero-order chi connectivity index (χ0) is 29.3. The van der Waals surface area contributed by atoms with Crippen molar-refractivity contribution in [2.45, 2.75) is 56.6 Å². The number of pyridine rings is 1. The van der Waals surface area contributed by atoms with Crippen LogP contribution in [0.5, 0.6) is 0 Å². The lowest BCUT2D eigenvalue weighted by Gasteiger charge is -2.47. The first-order valence-corrected chi connectivity index (χ1v) is 15.0. The highest BCUT2D eigenvalue weighted by Crippen LogP contribution is 2.26. The normalized spacial score (nSPS) is 27.1. The van der Waals surface area contributed by atoms with E-state index in [4.69, 9.17) is 4.74 Å². The minimum absolute atomic E-state index is 0.0325. The van der Waals surface area contributed by atoms with E-state index in [9.17, 15) is 32.7 Å². The summed E-state index contributed by atoms with van der Waals surface area (Å²) >= 11 is 0. The molecule has 0 bridgehead atoms. The minimum atomic E-state index is -3.73. The third kappa shape index (κ3) is 5.80. The molecule has 218 valence electrons. The molecular formula is C27H31N5O8S. The number of nitrogens with zero attached hydrogens (tertiary/aromatic N) is 3. The van der Waals surface area contributed by atoms with Gasteiger partial charge in [0.05, 0.1) is 12.2 Å². The van der Waals surface area contributed by atoms with E-state index >= 15 is 0 Å². The van der Waals surface area contributed by atoms with E-state index in [0.717, 1.165) is 5.39 Å². The van der Waals surface area contributed by atoms with E-state index in [1.54, 1.807) is 30.4 Å². The van der Waals surface area contributed by atoms with E-state index in [1.165, 1.54) is 22.3 Å². The van der Waals surface area contributed by atoms with E-state index in [2.05, 4.69) is 15.6 Å². The first-order valence-electron chi connectivity index (χ1n) is 13.4. The van der Waals surface area contributed by atoms with E-state index in [1.807, 2.05) is 12.1 Å². The van der Waals surface area contributed by atoms with Crippen molar-refractivity contribution in [2.24, 2.45) is 0 Å². The van der Waals surface area contributed by atoms with Gasteiger partial charge in [-0.2, -0.15) is 4.31 Å². The van der Waals surface area contributed by atoms with Gasteiger partial charge in [-0.15, -0.1) is 0 Å². The molecular weight excluding hydrogens is 554 g/mol. The maximum atomic E-state index is 14.0. The molecule has 5 atom stereocenters. The second kappa shape index (κ2) is 11.5. The number of cyclic esters (lactones) is 1. The molecule has 0 spiro atoms. The third-order valence-corrected chi connectivity index (χ3v) is 9.40. The number of hydrogen-bond donors (Lipinski definition) is 3. The van der Waals surface area contributed by atoms with Gasteiger partial charge in [-0.1, -0.05) is 36.4 Å². The Labute approximate surface area is 236 Å². The summed E-state index contributed by atoms with van der Waals surface area (Å²) in [6, 6.07) is 4.89. The smallest absolute Gasteiger partial charge is 0.310 e. The molecule has 2 saturated heterocycles. The molecule has 3 aliphatic rings. The number of amides is 3. The van der Waals surface area contributed by atoms with Gasteiger partial charge >= 0.3 is 5.97 Å². The van der Waals surface area contributed by atoms with Crippen molar-refractivity contribution in [3.63, 3.8) is 0 Å². The van der Waals surface area contributed by atoms with Crippen LogP contribution in [0.1, 0.15) is 36.7 Å². The molecule has 2 fully saturated rings. The highest BCUT2D eigenvalue weighted by Gasteiger charge is 2.47. The fourth-order valence-electron chi connectivity index (χ4n) is 5.43. The summed E-state index contributed by atoms with van der Waals surface area (Å²) in [5, 5.41) is 16.7. The van der Waals surface area contributed by atoms with Crippen LogP contribution in [0.15, 0.2) is 48.7 Å². The van der Waals surface area contributed by atoms with E-state index < -0.39 is 64.2 Å². The number of benzene rings is 1. The second-order valence-electron chi connectivity index (χ2n) is 10.2. The number of rotatable bonds is 6. The lowest BCUT2D eigenvalue weighted by molar-refractivity contribution is -0.156. The molecule has 13 nitrogen and oxygen atoms in total. The van der Waals surface area contributed by atoms with Crippen molar-refractivity contribution in [1.29, 1.82) is 0 Å².